The summed E-state index contributed by atoms with van der Waals surface area (Å²) in [6.45, 7) is 5.72. The van der Waals surface area contributed by atoms with Gasteiger partial charge >= 0.3 is 0 Å². The minimum Gasteiger partial charge on any atom is -0.481 e. The Bertz CT molecular complexity index is 1040. The maximum Gasteiger partial charge on any atom is 0.266 e. The van der Waals surface area contributed by atoms with Crippen LogP contribution >= 0.6 is 11.3 Å². The van der Waals surface area contributed by atoms with Crippen molar-refractivity contribution < 1.29 is 14.3 Å². The predicted molar refractivity (Wildman–Crippen MR) is 121 cm³/mol. The van der Waals surface area contributed by atoms with Crippen molar-refractivity contribution in [3.05, 3.63) is 81.7 Å². The molecule has 156 valence electrons. The highest BCUT2D eigenvalue weighted by Gasteiger charge is 2.25. The summed E-state index contributed by atoms with van der Waals surface area (Å²) in [6.07, 6.45) is 0.490. The number of anilines is 1. The Labute approximate surface area is 180 Å². The molecular formula is C24H26N2O3S. The summed E-state index contributed by atoms with van der Waals surface area (Å²) in [4.78, 5) is 26.0. The van der Waals surface area contributed by atoms with Crippen molar-refractivity contribution in [2.45, 2.75) is 39.7 Å². The molecule has 5 nitrogen and oxygen atoms in total. The average Bonchev–Trinajstić information content (AvgIpc) is 3.01. The molecule has 3 N–H and O–H groups in total. The Hall–Kier alpha value is -3.12. The van der Waals surface area contributed by atoms with Gasteiger partial charge in [-0.15, -0.1) is 11.3 Å². The van der Waals surface area contributed by atoms with Crippen LogP contribution in [0.15, 0.2) is 54.6 Å². The van der Waals surface area contributed by atoms with Crippen molar-refractivity contribution in [1.82, 2.24) is 0 Å². The lowest BCUT2D eigenvalue weighted by molar-refractivity contribution is -0.122. The summed E-state index contributed by atoms with van der Waals surface area (Å²) in [7, 11) is 0. The number of carbonyl (C=O) groups is 2. The van der Waals surface area contributed by atoms with Crippen LogP contribution in [0, 0.1) is 13.8 Å². The van der Waals surface area contributed by atoms with Crippen molar-refractivity contribution in [3.63, 3.8) is 0 Å². The topological polar surface area (TPSA) is 81.4 Å². The third-order valence-corrected chi connectivity index (χ3v) is 6.07. The molecule has 3 rings (SSSR count). The van der Waals surface area contributed by atoms with Gasteiger partial charge in [0.15, 0.2) is 6.10 Å². The Kier molecular flexibility index (Phi) is 6.90. The lowest BCUT2D eigenvalue weighted by atomic mass is 10.1. The fraction of sp³-hybridized carbons (Fsp3) is 0.250. The standard InChI is InChI=1S/C24H26N2O3S/c1-4-19(29-18-12-8-9-15(2)13-18)23(28)26-24-21(22(25)27)16(3)20(30-24)14-17-10-6-5-7-11-17/h5-13,19H,4,14H2,1-3H3,(H2,25,27)(H,26,28). The summed E-state index contributed by atoms with van der Waals surface area (Å²) in [5.41, 5.74) is 8.99. The van der Waals surface area contributed by atoms with Crippen LogP contribution in [0.2, 0.25) is 0 Å². The third kappa shape index (κ3) is 5.07. The van der Waals surface area contributed by atoms with Crippen LogP contribution in [0.1, 0.15) is 45.3 Å². The Morgan fingerprint density at radius 1 is 1.10 bits per heavy atom. The molecule has 2 amide bonds. The number of hydrogen-bond acceptors (Lipinski definition) is 4. The number of rotatable bonds is 8. The van der Waals surface area contributed by atoms with E-state index >= 15 is 0 Å². The van der Waals surface area contributed by atoms with E-state index in [9.17, 15) is 9.59 Å². The molecule has 0 aliphatic rings. The zero-order chi connectivity index (χ0) is 21.7. The summed E-state index contributed by atoms with van der Waals surface area (Å²) in [6, 6.07) is 17.5. The molecule has 6 heteroatoms. The number of nitrogens with two attached hydrogens (primary N) is 1. The minimum absolute atomic E-state index is 0.297. The van der Waals surface area contributed by atoms with Crippen LogP contribution in [0.3, 0.4) is 0 Å². The van der Waals surface area contributed by atoms with E-state index in [4.69, 9.17) is 10.5 Å². The number of amides is 2. The SMILES string of the molecule is CCC(Oc1cccc(C)c1)C(=O)Nc1sc(Cc2ccccc2)c(C)c1C(N)=O. The van der Waals surface area contributed by atoms with Gasteiger partial charge in [0, 0.05) is 11.3 Å². The third-order valence-electron chi connectivity index (χ3n) is 4.87. The quantitative estimate of drug-likeness (QED) is 0.544. The van der Waals surface area contributed by atoms with Gasteiger partial charge < -0.3 is 15.8 Å². The molecule has 3 aromatic rings. The molecule has 0 bridgehead atoms. The van der Waals surface area contributed by atoms with Crippen LogP contribution in [0.25, 0.3) is 0 Å². The van der Waals surface area contributed by atoms with Gasteiger partial charge in [-0.3, -0.25) is 9.59 Å². The van der Waals surface area contributed by atoms with Gasteiger partial charge in [-0.2, -0.15) is 0 Å². The van der Waals surface area contributed by atoms with Gasteiger partial charge in [0.05, 0.1) is 5.56 Å². The number of thiophene rings is 1. The largest absolute Gasteiger partial charge is 0.481 e. The van der Waals surface area contributed by atoms with Crippen LogP contribution in [-0.2, 0) is 11.2 Å². The monoisotopic (exact) mass is 422 g/mol. The number of benzene rings is 2. The van der Waals surface area contributed by atoms with E-state index in [1.54, 1.807) is 0 Å². The van der Waals surface area contributed by atoms with Crippen molar-refractivity contribution in [1.29, 1.82) is 0 Å². The normalized spacial score (nSPS) is 11.7. The first kappa shape index (κ1) is 21.6. The van der Waals surface area contributed by atoms with Crippen LogP contribution in [0.5, 0.6) is 5.75 Å². The minimum atomic E-state index is -0.674. The first-order chi connectivity index (χ1) is 14.4. The van der Waals surface area contributed by atoms with Crippen LogP contribution in [0.4, 0.5) is 5.00 Å². The van der Waals surface area contributed by atoms with Gasteiger partial charge in [-0.1, -0.05) is 49.4 Å². The predicted octanol–water partition coefficient (Wildman–Crippen LogP) is 4.85. The van der Waals surface area contributed by atoms with E-state index in [1.165, 1.54) is 11.3 Å². The van der Waals surface area contributed by atoms with Gasteiger partial charge in [0.2, 0.25) is 0 Å². The number of hydrogen-bond donors (Lipinski definition) is 2. The van der Waals surface area contributed by atoms with E-state index in [-0.39, 0.29) is 5.91 Å². The molecule has 1 atom stereocenters. The van der Waals surface area contributed by atoms with Crippen LogP contribution in [-0.4, -0.2) is 17.9 Å². The molecule has 0 spiro atoms. The summed E-state index contributed by atoms with van der Waals surface area (Å²) < 4.78 is 5.89. The molecule has 2 aromatic carbocycles. The summed E-state index contributed by atoms with van der Waals surface area (Å²) in [5.74, 6) is -0.209. The van der Waals surface area contributed by atoms with E-state index < -0.39 is 12.0 Å². The fourth-order valence-electron chi connectivity index (χ4n) is 3.26. The molecule has 0 aliphatic heterocycles. The Morgan fingerprint density at radius 2 is 1.83 bits per heavy atom. The van der Waals surface area contributed by atoms with Crippen molar-refractivity contribution in [2.24, 2.45) is 5.73 Å². The van der Waals surface area contributed by atoms with Crippen LogP contribution < -0.4 is 15.8 Å². The van der Waals surface area contributed by atoms with E-state index in [2.05, 4.69) is 5.32 Å². The molecule has 1 unspecified atom stereocenters. The summed E-state index contributed by atoms with van der Waals surface area (Å²) >= 11 is 1.39. The Balaban J connectivity index is 1.82. The molecule has 0 aliphatic carbocycles. The maximum absolute atomic E-state index is 12.9. The number of ether oxygens (including phenoxy) is 1. The highest BCUT2D eigenvalue weighted by Crippen LogP contribution is 2.34. The van der Waals surface area contributed by atoms with E-state index in [0.717, 1.165) is 21.6 Å². The molecular weight excluding hydrogens is 396 g/mol. The van der Waals surface area contributed by atoms with Crippen molar-refractivity contribution in [2.75, 3.05) is 5.32 Å². The molecule has 0 radical (unpaired) electrons. The van der Waals surface area contributed by atoms with E-state index in [1.807, 2.05) is 75.4 Å². The van der Waals surface area contributed by atoms with Crippen molar-refractivity contribution in [3.8, 4) is 5.75 Å². The fourth-order valence-corrected chi connectivity index (χ4v) is 4.51. The lowest BCUT2D eigenvalue weighted by Gasteiger charge is -2.17. The second-order valence-electron chi connectivity index (χ2n) is 7.20. The maximum atomic E-state index is 12.9. The lowest BCUT2D eigenvalue weighted by Crippen LogP contribution is -2.32. The highest BCUT2D eigenvalue weighted by atomic mass is 32.1. The molecule has 1 heterocycles. The van der Waals surface area contributed by atoms with Gasteiger partial charge in [0.1, 0.15) is 10.8 Å². The number of primary amides is 1. The smallest absolute Gasteiger partial charge is 0.266 e. The Morgan fingerprint density at radius 3 is 2.47 bits per heavy atom. The first-order valence-corrected chi connectivity index (χ1v) is 10.7. The zero-order valence-electron chi connectivity index (χ0n) is 17.4. The number of aryl methyl sites for hydroxylation is 1. The molecule has 0 fully saturated rings. The number of carbonyl (C=O) groups excluding carboxylic acids is 2. The van der Waals surface area contributed by atoms with Crippen molar-refractivity contribution >= 4 is 28.2 Å². The average molecular weight is 423 g/mol. The van der Waals surface area contributed by atoms with Gasteiger partial charge in [-0.05, 0) is 49.1 Å². The van der Waals surface area contributed by atoms with Gasteiger partial charge in [0.25, 0.3) is 11.8 Å². The molecule has 0 saturated carbocycles. The second kappa shape index (κ2) is 9.59. The van der Waals surface area contributed by atoms with E-state index in [0.29, 0.717) is 29.2 Å². The number of nitrogens with one attached hydrogen (secondary N) is 1. The summed E-state index contributed by atoms with van der Waals surface area (Å²) in [5, 5.41) is 3.35. The zero-order valence-corrected chi connectivity index (χ0v) is 18.2. The molecule has 1 aromatic heterocycles. The highest BCUT2D eigenvalue weighted by molar-refractivity contribution is 7.17. The molecule has 0 saturated heterocycles. The second-order valence-corrected chi connectivity index (χ2v) is 8.31. The first-order valence-electron chi connectivity index (χ1n) is 9.89. The molecule has 30 heavy (non-hydrogen) atoms. The van der Waals surface area contributed by atoms with Gasteiger partial charge in [-0.25, -0.2) is 0 Å².